The summed E-state index contributed by atoms with van der Waals surface area (Å²) in [5.41, 5.74) is 0. The molecule has 1 amide bonds. The SMILES string of the molecule is CCCCCC(=O)OCCOCCOCCOCCOCCOCCOCCOCCOCCOCCOCCOCCOCCNC(=O)COCC(=O)O. The van der Waals surface area contributed by atoms with E-state index in [1.807, 2.05) is 0 Å². The predicted molar refractivity (Wildman–Crippen MR) is 196 cm³/mol. The van der Waals surface area contributed by atoms with E-state index < -0.39 is 18.5 Å². The Labute approximate surface area is 326 Å². The van der Waals surface area contributed by atoms with Crippen molar-refractivity contribution >= 4 is 17.8 Å². The third kappa shape index (κ3) is 48.0. The lowest BCUT2D eigenvalue weighted by molar-refractivity contribution is -0.146. The van der Waals surface area contributed by atoms with Crippen LogP contribution in [0.25, 0.3) is 0 Å². The van der Waals surface area contributed by atoms with Crippen molar-refractivity contribution in [3.05, 3.63) is 0 Å². The summed E-state index contributed by atoms with van der Waals surface area (Å²) in [5.74, 6) is -1.70. The van der Waals surface area contributed by atoms with Crippen molar-refractivity contribution in [1.82, 2.24) is 5.32 Å². The van der Waals surface area contributed by atoms with Gasteiger partial charge in [-0.3, -0.25) is 9.59 Å². The first-order valence-corrected chi connectivity index (χ1v) is 19.2. The van der Waals surface area contributed by atoms with Gasteiger partial charge < -0.3 is 76.7 Å². The fourth-order valence-corrected chi connectivity index (χ4v) is 3.87. The van der Waals surface area contributed by atoms with Crippen LogP contribution in [0.1, 0.15) is 32.6 Å². The Morgan fingerprint density at radius 3 is 1.02 bits per heavy atom. The molecule has 0 saturated carbocycles. The van der Waals surface area contributed by atoms with Gasteiger partial charge in [0.05, 0.1) is 159 Å². The second kappa shape index (κ2) is 46.3. The number of carboxylic acids is 1. The number of aliphatic carboxylic acids is 1. The van der Waals surface area contributed by atoms with Gasteiger partial charge in [-0.15, -0.1) is 0 Å². The maximum absolute atomic E-state index is 11.5. The molecule has 0 aliphatic heterocycles. The normalized spacial score (nSPS) is 11.3. The van der Waals surface area contributed by atoms with Crippen LogP contribution in [0, 0.1) is 0 Å². The highest BCUT2D eigenvalue weighted by Crippen LogP contribution is 2.00. The Hall–Kier alpha value is -2.11. The maximum atomic E-state index is 11.5. The molecule has 0 aromatic heterocycles. The lowest BCUT2D eigenvalue weighted by Crippen LogP contribution is -2.31. The molecule has 19 heteroatoms. The highest BCUT2D eigenvalue weighted by molar-refractivity contribution is 5.77. The van der Waals surface area contributed by atoms with Crippen LogP contribution in [0.15, 0.2) is 0 Å². The lowest BCUT2D eigenvalue weighted by atomic mass is 10.2. The summed E-state index contributed by atoms with van der Waals surface area (Å²) in [4.78, 5) is 33.1. The Morgan fingerprint density at radius 1 is 0.400 bits per heavy atom. The van der Waals surface area contributed by atoms with Gasteiger partial charge in [-0.1, -0.05) is 19.8 Å². The summed E-state index contributed by atoms with van der Waals surface area (Å²) in [5, 5.41) is 11.0. The van der Waals surface area contributed by atoms with E-state index in [0.29, 0.717) is 172 Å². The van der Waals surface area contributed by atoms with E-state index in [0.717, 1.165) is 19.3 Å². The molecule has 0 atom stereocenters. The summed E-state index contributed by atoms with van der Waals surface area (Å²) in [6.07, 6.45) is 3.46. The quantitative estimate of drug-likeness (QED) is 0.0634. The highest BCUT2D eigenvalue weighted by Gasteiger charge is 2.04. The van der Waals surface area contributed by atoms with E-state index in [-0.39, 0.29) is 19.2 Å². The van der Waals surface area contributed by atoms with Crippen LogP contribution >= 0.6 is 0 Å². The fraction of sp³-hybridized carbons (Fsp3) is 0.917. The molecule has 0 fully saturated rings. The number of esters is 1. The molecule has 0 heterocycles. The average Bonchev–Trinajstić information content (AvgIpc) is 3.17. The number of amides is 1. The van der Waals surface area contributed by atoms with Gasteiger partial charge in [-0.05, 0) is 6.42 Å². The number of rotatable bonds is 47. The number of nitrogens with one attached hydrogen (secondary N) is 1. The highest BCUT2D eigenvalue weighted by atomic mass is 16.6. The summed E-state index contributed by atoms with van der Waals surface area (Å²) in [6, 6.07) is 0. The van der Waals surface area contributed by atoms with Crippen LogP contribution < -0.4 is 5.32 Å². The number of unbranched alkanes of at least 4 members (excludes halogenated alkanes) is 2. The Kier molecular flexibility index (Phi) is 44.5. The molecule has 19 nitrogen and oxygen atoms in total. The molecule has 326 valence electrons. The topological polar surface area (TPSA) is 213 Å². The molecule has 0 aromatic rings. The third-order valence-electron chi connectivity index (χ3n) is 6.59. The Morgan fingerprint density at radius 2 is 0.709 bits per heavy atom. The molecule has 2 N–H and O–H groups in total. The molecular formula is C36H69NO18. The van der Waals surface area contributed by atoms with Crippen LogP contribution in [0.5, 0.6) is 0 Å². The first-order chi connectivity index (χ1) is 27.1. The zero-order valence-electron chi connectivity index (χ0n) is 33.0. The van der Waals surface area contributed by atoms with Gasteiger partial charge in [0, 0.05) is 13.0 Å². The Balaban J connectivity index is 3.11. The minimum absolute atomic E-state index is 0.168. The molecule has 0 saturated heterocycles. The lowest BCUT2D eigenvalue weighted by Gasteiger charge is -2.09. The summed E-state index contributed by atoms with van der Waals surface area (Å²) < 4.78 is 75.0. The number of carbonyl (C=O) groups is 3. The number of carboxylic acid groups (broad SMARTS) is 1. The van der Waals surface area contributed by atoms with Crippen molar-refractivity contribution in [2.24, 2.45) is 0 Å². The van der Waals surface area contributed by atoms with Gasteiger partial charge in [0.2, 0.25) is 5.91 Å². The van der Waals surface area contributed by atoms with Crippen molar-refractivity contribution in [1.29, 1.82) is 0 Å². The van der Waals surface area contributed by atoms with E-state index in [2.05, 4.69) is 17.0 Å². The molecule has 0 aliphatic carbocycles. The van der Waals surface area contributed by atoms with Gasteiger partial charge in [0.15, 0.2) is 0 Å². The van der Waals surface area contributed by atoms with E-state index in [9.17, 15) is 14.4 Å². The zero-order chi connectivity index (χ0) is 40.0. The van der Waals surface area contributed by atoms with Crippen molar-refractivity contribution in [3.63, 3.8) is 0 Å². The van der Waals surface area contributed by atoms with E-state index in [4.69, 9.17) is 66.7 Å². The predicted octanol–water partition coefficient (Wildman–Crippen LogP) is 0.527. The van der Waals surface area contributed by atoms with Gasteiger partial charge in [-0.2, -0.15) is 0 Å². The number of carbonyl (C=O) groups excluding carboxylic acids is 2. The molecule has 0 aromatic carbocycles. The first kappa shape index (κ1) is 52.9. The summed E-state index contributed by atoms with van der Waals surface area (Å²) >= 11 is 0. The van der Waals surface area contributed by atoms with Gasteiger partial charge in [0.1, 0.15) is 19.8 Å². The molecule has 0 spiro atoms. The van der Waals surface area contributed by atoms with E-state index in [1.165, 1.54) is 0 Å². The maximum Gasteiger partial charge on any atom is 0.329 e. The molecular weight excluding hydrogens is 734 g/mol. The largest absolute Gasteiger partial charge is 0.480 e. The number of ether oxygens (including phenoxy) is 14. The van der Waals surface area contributed by atoms with Crippen molar-refractivity contribution in [2.45, 2.75) is 32.6 Å². The molecule has 0 bridgehead atoms. The van der Waals surface area contributed by atoms with Crippen molar-refractivity contribution < 1.29 is 85.8 Å². The van der Waals surface area contributed by atoms with Crippen LogP contribution in [-0.4, -0.2) is 208 Å². The Bertz CT molecular complexity index is 828. The second-order valence-electron chi connectivity index (χ2n) is 11.3. The molecule has 55 heavy (non-hydrogen) atoms. The second-order valence-corrected chi connectivity index (χ2v) is 11.3. The van der Waals surface area contributed by atoms with Crippen molar-refractivity contribution in [3.8, 4) is 0 Å². The minimum atomic E-state index is -1.13. The third-order valence-corrected chi connectivity index (χ3v) is 6.59. The van der Waals surface area contributed by atoms with Crippen LogP contribution in [0.4, 0.5) is 0 Å². The number of hydrogen-bond acceptors (Lipinski definition) is 17. The van der Waals surface area contributed by atoms with E-state index in [1.54, 1.807) is 0 Å². The summed E-state index contributed by atoms with van der Waals surface area (Å²) in [6.45, 7) is 12.6. The van der Waals surface area contributed by atoms with Gasteiger partial charge >= 0.3 is 11.9 Å². The van der Waals surface area contributed by atoms with Crippen LogP contribution in [-0.2, 0) is 80.7 Å². The number of hydrogen-bond donors (Lipinski definition) is 2. The van der Waals surface area contributed by atoms with Crippen LogP contribution in [0.3, 0.4) is 0 Å². The first-order valence-electron chi connectivity index (χ1n) is 19.2. The monoisotopic (exact) mass is 803 g/mol. The molecule has 0 radical (unpaired) electrons. The van der Waals surface area contributed by atoms with Gasteiger partial charge in [0.25, 0.3) is 0 Å². The van der Waals surface area contributed by atoms with Gasteiger partial charge in [-0.25, -0.2) is 4.79 Å². The average molecular weight is 804 g/mol. The zero-order valence-corrected chi connectivity index (χ0v) is 33.0. The molecule has 0 aliphatic rings. The van der Waals surface area contributed by atoms with Crippen molar-refractivity contribution in [2.75, 3.05) is 185 Å². The fourth-order valence-electron chi connectivity index (χ4n) is 3.87. The summed E-state index contributed by atoms with van der Waals surface area (Å²) in [7, 11) is 0. The molecule has 0 rings (SSSR count). The molecule has 0 unspecified atom stereocenters. The van der Waals surface area contributed by atoms with Crippen LogP contribution in [0.2, 0.25) is 0 Å². The standard InChI is InChI=1S/C36H69NO18/c1-2-3-4-5-36(41)55-31-30-53-29-28-52-27-26-51-25-24-50-23-22-49-21-20-48-19-18-47-17-16-46-15-14-45-13-12-44-11-10-43-9-8-42-7-6-37-34(38)32-54-33-35(39)40/h2-33H2,1H3,(H,37,38)(H,39,40). The minimum Gasteiger partial charge on any atom is -0.480 e. The van der Waals surface area contributed by atoms with E-state index >= 15 is 0 Å². The smallest absolute Gasteiger partial charge is 0.329 e.